The van der Waals surface area contributed by atoms with E-state index in [-0.39, 0.29) is 6.10 Å². The topological polar surface area (TPSA) is 30.5 Å². The third-order valence-electron chi connectivity index (χ3n) is 2.38. The molecule has 0 saturated heterocycles. The Morgan fingerprint density at radius 2 is 1.94 bits per heavy atom. The first-order valence-corrected chi connectivity index (χ1v) is 5.71. The maximum absolute atomic E-state index is 5.70. The molecule has 1 N–H and O–H groups in total. The second-order valence-corrected chi connectivity index (χ2v) is 3.78. The number of rotatable bonds is 7. The van der Waals surface area contributed by atoms with Gasteiger partial charge in [0.05, 0.1) is 19.8 Å². The molecule has 0 spiro atoms. The van der Waals surface area contributed by atoms with Gasteiger partial charge in [0, 0.05) is 6.54 Å². The van der Waals surface area contributed by atoms with Crippen molar-refractivity contribution in [3.05, 3.63) is 29.8 Å². The van der Waals surface area contributed by atoms with Crippen molar-refractivity contribution in [1.82, 2.24) is 5.32 Å². The van der Waals surface area contributed by atoms with E-state index in [4.69, 9.17) is 9.47 Å². The summed E-state index contributed by atoms with van der Waals surface area (Å²) in [5, 5.41) is 3.26. The summed E-state index contributed by atoms with van der Waals surface area (Å²) in [6, 6.07) is 7.96. The molecule has 3 nitrogen and oxygen atoms in total. The molecule has 1 atom stereocenters. The van der Waals surface area contributed by atoms with Crippen LogP contribution in [0.2, 0.25) is 0 Å². The predicted octanol–water partition coefficient (Wildman–Crippen LogP) is 2.21. The fraction of sp³-hybridized carbons (Fsp3) is 0.538. The van der Waals surface area contributed by atoms with Crippen LogP contribution in [0.1, 0.15) is 19.4 Å². The van der Waals surface area contributed by atoms with Crippen LogP contribution >= 0.6 is 0 Å². The number of hydrogen-bond acceptors (Lipinski definition) is 3. The van der Waals surface area contributed by atoms with E-state index < -0.39 is 0 Å². The molecule has 0 bridgehead atoms. The molecule has 0 aliphatic heterocycles. The Labute approximate surface area is 97.8 Å². The van der Waals surface area contributed by atoms with Crippen molar-refractivity contribution >= 4 is 0 Å². The van der Waals surface area contributed by atoms with Crippen LogP contribution in [0.3, 0.4) is 0 Å². The zero-order valence-electron chi connectivity index (χ0n) is 10.3. The van der Waals surface area contributed by atoms with Crippen molar-refractivity contribution in [1.29, 1.82) is 0 Å². The molecule has 90 valence electrons. The highest BCUT2D eigenvalue weighted by Gasteiger charge is 2.01. The molecule has 0 saturated carbocycles. The van der Waals surface area contributed by atoms with Gasteiger partial charge in [-0.1, -0.05) is 19.1 Å². The molecule has 16 heavy (non-hydrogen) atoms. The summed E-state index contributed by atoms with van der Waals surface area (Å²) < 4.78 is 10.8. The lowest BCUT2D eigenvalue weighted by molar-refractivity contribution is 0.0536. The molecule has 0 aromatic heterocycles. The van der Waals surface area contributed by atoms with Crippen LogP contribution in [0.5, 0.6) is 5.75 Å². The van der Waals surface area contributed by atoms with Gasteiger partial charge >= 0.3 is 0 Å². The zero-order chi connectivity index (χ0) is 11.8. The molecule has 3 heteroatoms. The van der Waals surface area contributed by atoms with E-state index in [1.807, 2.05) is 24.3 Å². The van der Waals surface area contributed by atoms with Crippen LogP contribution in [0.25, 0.3) is 0 Å². The molecule has 1 aromatic carbocycles. The minimum atomic E-state index is 0.238. The standard InChI is InChI=1S/C13H21NO2/c1-4-14-9-11(2)16-10-12-5-7-13(15-3)8-6-12/h5-8,11,14H,4,9-10H2,1-3H3. The van der Waals surface area contributed by atoms with Crippen molar-refractivity contribution in [2.45, 2.75) is 26.6 Å². The van der Waals surface area contributed by atoms with E-state index >= 15 is 0 Å². The van der Waals surface area contributed by atoms with Crippen molar-refractivity contribution < 1.29 is 9.47 Å². The van der Waals surface area contributed by atoms with E-state index in [1.54, 1.807) is 7.11 Å². The fourth-order valence-electron chi connectivity index (χ4n) is 1.37. The lowest BCUT2D eigenvalue weighted by Gasteiger charge is -2.13. The first-order chi connectivity index (χ1) is 7.76. The van der Waals surface area contributed by atoms with Crippen LogP contribution in [-0.2, 0) is 11.3 Å². The smallest absolute Gasteiger partial charge is 0.118 e. The van der Waals surface area contributed by atoms with E-state index in [1.165, 1.54) is 5.56 Å². The summed E-state index contributed by atoms with van der Waals surface area (Å²) in [6.45, 7) is 6.70. The monoisotopic (exact) mass is 223 g/mol. The highest BCUT2D eigenvalue weighted by atomic mass is 16.5. The molecule has 0 amide bonds. The van der Waals surface area contributed by atoms with Gasteiger partial charge in [0.25, 0.3) is 0 Å². The van der Waals surface area contributed by atoms with Crippen LogP contribution in [0.15, 0.2) is 24.3 Å². The SMILES string of the molecule is CCNCC(C)OCc1ccc(OC)cc1. The largest absolute Gasteiger partial charge is 0.497 e. The van der Waals surface area contributed by atoms with Gasteiger partial charge in [-0.2, -0.15) is 0 Å². The fourth-order valence-corrected chi connectivity index (χ4v) is 1.37. The van der Waals surface area contributed by atoms with Gasteiger partial charge in [-0.25, -0.2) is 0 Å². The molecular formula is C13H21NO2. The number of methoxy groups -OCH3 is 1. The second kappa shape index (κ2) is 7.25. The number of likely N-dealkylation sites (N-methyl/N-ethyl adjacent to an activating group) is 1. The maximum Gasteiger partial charge on any atom is 0.118 e. The minimum Gasteiger partial charge on any atom is -0.497 e. The molecule has 1 rings (SSSR count). The average molecular weight is 223 g/mol. The number of hydrogen-bond donors (Lipinski definition) is 1. The Morgan fingerprint density at radius 1 is 1.25 bits per heavy atom. The van der Waals surface area contributed by atoms with Crippen LogP contribution in [0.4, 0.5) is 0 Å². The first kappa shape index (κ1) is 13.0. The van der Waals surface area contributed by atoms with Gasteiger partial charge in [0.1, 0.15) is 5.75 Å². The zero-order valence-corrected chi connectivity index (χ0v) is 10.3. The second-order valence-electron chi connectivity index (χ2n) is 3.78. The Morgan fingerprint density at radius 3 is 2.50 bits per heavy atom. The van der Waals surface area contributed by atoms with Gasteiger partial charge in [0.2, 0.25) is 0 Å². The lowest BCUT2D eigenvalue weighted by Crippen LogP contribution is -2.26. The van der Waals surface area contributed by atoms with Crippen molar-refractivity contribution in [3.8, 4) is 5.75 Å². The summed E-state index contributed by atoms with van der Waals surface area (Å²) in [5.74, 6) is 0.879. The highest BCUT2D eigenvalue weighted by Crippen LogP contribution is 2.12. The molecule has 0 aliphatic carbocycles. The summed E-state index contributed by atoms with van der Waals surface area (Å²) in [6.07, 6.45) is 0.238. The minimum absolute atomic E-state index is 0.238. The summed E-state index contributed by atoms with van der Waals surface area (Å²) >= 11 is 0. The van der Waals surface area contributed by atoms with Crippen LogP contribution in [-0.4, -0.2) is 26.3 Å². The summed E-state index contributed by atoms with van der Waals surface area (Å²) in [7, 11) is 1.67. The molecule has 0 heterocycles. The van der Waals surface area contributed by atoms with Gasteiger partial charge in [-0.3, -0.25) is 0 Å². The number of nitrogens with one attached hydrogen (secondary N) is 1. The van der Waals surface area contributed by atoms with Crippen molar-refractivity contribution in [2.75, 3.05) is 20.2 Å². The van der Waals surface area contributed by atoms with Crippen LogP contribution < -0.4 is 10.1 Å². The van der Waals surface area contributed by atoms with E-state index in [0.29, 0.717) is 6.61 Å². The number of ether oxygens (including phenoxy) is 2. The van der Waals surface area contributed by atoms with Crippen LogP contribution in [0, 0.1) is 0 Å². The Bertz CT molecular complexity index is 284. The Balaban J connectivity index is 2.30. The average Bonchev–Trinajstić information content (AvgIpc) is 2.34. The van der Waals surface area contributed by atoms with Crippen molar-refractivity contribution in [2.24, 2.45) is 0 Å². The lowest BCUT2D eigenvalue weighted by atomic mass is 10.2. The predicted molar refractivity (Wildman–Crippen MR) is 65.8 cm³/mol. The summed E-state index contributed by atoms with van der Waals surface area (Å²) in [5.41, 5.74) is 1.17. The first-order valence-electron chi connectivity index (χ1n) is 5.71. The van der Waals surface area contributed by atoms with Gasteiger partial charge in [-0.15, -0.1) is 0 Å². The summed E-state index contributed by atoms with van der Waals surface area (Å²) in [4.78, 5) is 0. The van der Waals surface area contributed by atoms with Gasteiger partial charge < -0.3 is 14.8 Å². The molecule has 1 unspecified atom stereocenters. The third kappa shape index (κ3) is 4.64. The maximum atomic E-state index is 5.70. The quantitative estimate of drug-likeness (QED) is 0.768. The van der Waals surface area contributed by atoms with E-state index in [2.05, 4.69) is 19.2 Å². The Hall–Kier alpha value is -1.06. The molecular weight excluding hydrogens is 202 g/mol. The normalized spacial score (nSPS) is 12.4. The molecule has 0 aliphatic rings. The van der Waals surface area contributed by atoms with Crippen molar-refractivity contribution in [3.63, 3.8) is 0 Å². The Kier molecular flexibility index (Phi) is 5.90. The number of benzene rings is 1. The molecule has 0 radical (unpaired) electrons. The van der Waals surface area contributed by atoms with E-state index in [0.717, 1.165) is 18.8 Å². The molecule has 0 fully saturated rings. The highest BCUT2D eigenvalue weighted by molar-refractivity contribution is 5.26. The van der Waals surface area contributed by atoms with Gasteiger partial charge in [-0.05, 0) is 31.2 Å². The molecule has 1 aromatic rings. The van der Waals surface area contributed by atoms with Gasteiger partial charge in [0.15, 0.2) is 0 Å². The van der Waals surface area contributed by atoms with E-state index in [9.17, 15) is 0 Å². The third-order valence-corrected chi connectivity index (χ3v) is 2.38.